The third kappa shape index (κ3) is 2.18. The molecule has 0 saturated carbocycles. The Kier molecular flexibility index (Phi) is 3.28. The summed E-state index contributed by atoms with van der Waals surface area (Å²) in [6.07, 6.45) is 3.15. The molecule has 18 heavy (non-hydrogen) atoms. The molecule has 0 unspecified atom stereocenters. The summed E-state index contributed by atoms with van der Waals surface area (Å²) in [5.41, 5.74) is 1.25. The first-order valence-electron chi connectivity index (χ1n) is 5.49. The Balaban J connectivity index is 2.69. The van der Waals surface area contributed by atoms with Crippen molar-refractivity contribution in [3.05, 3.63) is 35.4 Å². The van der Waals surface area contributed by atoms with Crippen molar-refractivity contribution < 1.29 is 10.2 Å². The highest BCUT2D eigenvalue weighted by Gasteiger charge is 2.06. The number of hydrogen-bond donors (Lipinski definition) is 2. The van der Waals surface area contributed by atoms with Crippen LogP contribution in [0.1, 0.15) is 11.1 Å². The summed E-state index contributed by atoms with van der Waals surface area (Å²) in [4.78, 5) is 7.75. The van der Waals surface area contributed by atoms with Gasteiger partial charge in [0.15, 0.2) is 0 Å². The van der Waals surface area contributed by atoms with Crippen LogP contribution in [0.25, 0.3) is 10.8 Å². The lowest BCUT2D eigenvalue weighted by Crippen LogP contribution is -1.87. The lowest BCUT2D eigenvalue weighted by Gasteiger charge is -2.06. The number of aliphatic imine (C=N–C) groups is 2. The fourth-order valence-corrected chi connectivity index (χ4v) is 1.85. The number of benzene rings is 2. The van der Waals surface area contributed by atoms with Gasteiger partial charge in [-0.25, -0.2) is 0 Å². The van der Waals surface area contributed by atoms with Crippen LogP contribution in [0.5, 0.6) is 11.5 Å². The average molecular weight is 242 g/mol. The van der Waals surface area contributed by atoms with E-state index in [1.54, 1.807) is 50.8 Å². The summed E-state index contributed by atoms with van der Waals surface area (Å²) in [7, 11) is 3.28. The molecular weight excluding hydrogens is 228 g/mol. The summed E-state index contributed by atoms with van der Waals surface area (Å²) < 4.78 is 0. The summed E-state index contributed by atoms with van der Waals surface area (Å²) in [6.45, 7) is 0. The van der Waals surface area contributed by atoms with Crippen LogP contribution in [-0.4, -0.2) is 36.7 Å². The number of phenolic OH excluding ortho intramolecular Hbond substituents is 2. The van der Waals surface area contributed by atoms with Crippen LogP contribution in [0, 0.1) is 0 Å². The molecule has 0 aliphatic rings. The molecule has 0 fully saturated rings. The molecule has 4 heteroatoms. The van der Waals surface area contributed by atoms with Crippen molar-refractivity contribution in [2.45, 2.75) is 0 Å². The molecule has 2 N–H and O–H groups in total. The van der Waals surface area contributed by atoms with E-state index in [-0.39, 0.29) is 11.5 Å². The summed E-state index contributed by atoms with van der Waals surface area (Å²) in [5.74, 6) is 0.330. The molecule has 0 bridgehead atoms. The van der Waals surface area contributed by atoms with Gasteiger partial charge in [-0.1, -0.05) is 0 Å². The molecule has 0 atom stereocenters. The lowest BCUT2D eigenvalue weighted by molar-refractivity contribution is 0.473. The second-order valence-electron chi connectivity index (χ2n) is 3.94. The van der Waals surface area contributed by atoms with E-state index in [4.69, 9.17) is 0 Å². The molecule has 0 aliphatic carbocycles. The summed E-state index contributed by atoms with van der Waals surface area (Å²) in [5, 5.41) is 21.4. The minimum absolute atomic E-state index is 0.165. The topological polar surface area (TPSA) is 65.2 Å². The van der Waals surface area contributed by atoms with Gasteiger partial charge < -0.3 is 10.2 Å². The van der Waals surface area contributed by atoms with Crippen molar-refractivity contribution >= 4 is 23.2 Å². The zero-order valence-corrected chi connectivity index (χ0v) is 10.3. The van der Waals surface area contributed by atoms with Crippen molar-refractivity contribution in [2.24, 2.45) is 9.98 Å². The second kappa shape index (κ2) is 4.87. The molecule has 2 aromatic carbocycles. The third-order valence-electron chi connectivity index (χ3n) is 2.67. The molecular formula is C14H14N2O2. The maximum Gasteiger partial charge on any atom is 0.124 e. The number of phenols is 2. The number of fused-ring (bicyclic) bond motifs is 1. The first kappa shape index (κ1) is 12.1. The minimum atomic E-state index is 0.165. The number of aromatic hydroxyl groups is 2. The van der Waals surface area contributed by atoms with Crippen molar-refractivity contribution in [1.82, 2.24) is 0 Å². The van der Waals surface area contributed by atoms with Crippen LogP contribution in [0.3, 0.4) is 0 Å². The second-order valence-corrected chi connectivity index (χ2v) is 3.94. The molecule has 0 aliphatic heterocycles. The van der Waals surface area contributed by atoms with E-state index in [9.17, 15) is 10.2 Å². The molecule has 92 valence electrons. The van der Waals surface area contributed by atoms with Gasteiger partial charge >= 0.3 is 0 Å². The molecule has 0 amide bonds. The first-order valence-corrected chi connectivity index (χ1v) is 5.49. The van der Waals surface area contributed by atoms with Crippen LogP contribution in [0.2, 0.25) is 0 Å². The number of nitrogens with zero attached hydrogens (tertiary/aromatic N) is 2. The summed E-state index contributed by atoms with van der Waals surface area (Å²) in [6, 6.07) is 6.87. The maximum absolute atomic E-state index is 9.84. The van der Waals surface area contributed by atoms with Crippen LogP contribution in [0.4, 0.5) is 0 Å². The van der Waals surface area contributed by atoms with Gasteiger partial charge in [0.05, 0.1) is 0 Å². The number of rotatable bonds is 2. The average Bonchev–Trinajstić information content (AvgIpc) is 2.33. The predicted molar refractivity (Wildman–Crippen MR) is 74.3 cm³/mol. The Morgan fingerprint density at radius 3 is 1.50 bits per heavy atom. The Hall–Kier alpha value is -2.36. The Morgan fingerprint density at radius 2 is 1.17 bits per heavy atom. The molecule has 0 saturated heterocycles. The van der Waals surface area contributed by atoms with E-state index < -0.39 is 0 Å². The van der Waals surface area contributed by atoms with Gasteiger partial charge in [-0.05, 0) is 35.0 Å². The Labute approximate surface area is 105 Å². The van der Waals surface area contributed by atoms with Crippen molar-refractivity contribution in [3.8, 4) is 11.5 Å². The molecule has 0 radical (unpaired) electrons. The fourth-order valence-electron chi connectivity index (χ4n) is 1.85. The monoisotopic (exact) mass is 242 g/mol. The normalized spacial score (nSPS) is 11.9. The minimum Gasteiger partial charge on any atom is -0.507 e. The summed E-state index contributed by atoms with van der Waals surface area (Å²) >= 11 is 0. The Morgan fingerprint density at radius 1 is 0.778 bits per heavy atom. The van der Waals surface area contributed by atoms with Gasteiger partial charge in [-0.15, -0.1) is 0 Å². The van der Waals surface area contributed by atoms with Gasteiger partial charge in [0.1, 0.15) is 11.5 Å². The van der Waals surface area contributed by atoms with Crippen LogP contribution in [0.15, 0.2) is 34.3 Å². The highest BCUT2D eigenvalue weighted by atomic mass is 16.3. The highest BCUT2D eigenvalue weighted by molar-refractivity contribution is 5.98. The van der Waals surface area contributed by atoms with Gasteiger partial charge in [-0.2, -0.15) is 0 Å². The van der Waals surface area contributed by atoms with E-state index in [1.807, 2.05) is 0 Å². The molecule has 0 heterocycles. The highest BCUT2D eigenvalue weighted by Crippen LogP contribution is 2.29. The quantitative estimate of drug-likeness (QED) is 0.794. The molecule has 0 aromatic heterocycles. The van der Waals surface area contributed by atoms with Crippen LogP contribution < -0.4 is 0 Å². The SMILES string of the molecule is CN=Cc1cc2cc(O)c(C=NC)cc2cc1O. The fraction of sp³-hybridized carbons (Fsp3) is 0.143. The lowest BCUT2D eigenvalue weighted by atomic mass is 10.0. The largest absolute Gasteiger partial charge is 0.507 e. The van der Waals surface area contributed by atoms with Crippen molar-refractivity contribution in [3.63, 3.8) is 0 Å². The van der Waals surface area contributed by atoms with Crippen LogP contribution >= 0.6 is 0 Å². The molecule has 2 aromatic rings. The van der Waals surface area contributed by atoms with E-state index in [0.717, 1.165) is 10.8 Å². The van der Waals surface area contributed by atoms with Crippen LogP contribution in [-0.2, 0) is 0 Å². The molecule has 4 nitrogen and oxygen atoms in total. The van der Waals surface area contributed by atoms with E-state index in [2.05, 4.69) is 9.98 Å². The van der Waals surface area contributed by atoms with Gasteiger partial charge in [0.25, 0.3) is 0 Å². The standard InChI is InChI=1S/C14H14N2O2/c1-15-7-11-3-9-6-14(18)12(8-16-2)4-10(9)5-13(11)17/h3-8,17-18H,1-2H3. The van der Waals surface area contributed by atoms with E-state index >= 15 is 0 Å². The first-order chi connectivity index (χ1) is 8.65. The third-order valence-corrected chi connectivity index (χ3v) is 2.67. The van der Waals surface area contributed by atoms with E-state index in [1.165, 1.54) is 0 Å². The predicted octanol–water partition coefficient (Wildman–Crippen LogP) is 2.35. The van der Waals surface area contributed by atoms with Gasteiger partial charge in [-0.3, -0.25) is 9.98 Å². The van der Waals surface area contributed by atoms with E-state index in [0.29, 0.717) is 11.1 Å². The zero-order valence-electron chi connectivity index (χ0n) is 10.3. The Bertz CT molecular complexity index is 589. The maximum atomic E-state index is 9.84. The number of hydrogen-bond acceptors (Lipinski definition) is 4. The molecule has 2 rings (SSSR count). The van der Waals surface area contributed by atoms with Crippen molar-refractivity contribution in [1.29, 1.82) is 0 Å². The zero-order chi connectivity index (χ0) is 13.1. The van der Waals surface area contributed by atoms with Gasteiger partial charge in [0.2, 0.25) is 0 Å². The molecule has 0 spiro atoms. The van der Waals surface area contributed by atoms with Gasteiger partial charge in [0, 0.05) is 37.7 Å². The van der Waals surface area contributed by atoms with Crippen molar-refractivity contribution in [2.75, 3.05) is 14.1 Å². The smallest absolute Gasteiger partial charge is 0.124 e.